The minimum atomic E-state index is -0.536. The molecule has 0 saturated carbocycles. The van der Waals surface area contributed by atoms with Crippen LogP contribution in [0.25, 0.3) is 11.0 Å². The van der Waals surface area contributed by atoms with E-state index < -0.39 is 6.10 Å². The Hall–Kier alpha value is -3.28. The van der Waals surface area contributed by atoms with Gasteiger partial charge in [0.05, 0.1) is 5.69 Å². The number of fused-ring (bicyclic) bond motifs is 2. The molecule has 1 aliphatic heterocycles. The van der Waals surface area contributed by atoms with Crippen molar-refractivity contribution in [2.24, 2.45) is 0 Å². The van der Waals surface area contributed by atoms with Crippen LogP contribution in [-0.2, 0) is 4.79 Å². The molecule has 2 aromatic carbocycles. The molecular formula is C19H16N2O4. The van der Waals surface area contributed by atoms with Crippen LogP contribution in [0.15, 0.2) is 46.9 Å². The standard InChI is InChI=1S/C19H16N2O4/c1-10-13-5-3-4-6-15(13)25-17(10)19(23)20-12-7-8-16-14(9-12)21-18(22)11(2)24-16/h3-9,11H,1-2H3,(H,20,23)(H,21,22)/t11-/m0/s1. The number of carbonyl (C=O) groups excluding carboxylic acids is 2. The van der Waals surface area contributed by atoms with Crippen LogP contribution in [0.5, 0.6) is 5.75 Å². The highest BCUT2D eigenvalue weighted by atomic mass is 16.5. The summed E-state index contributed by atoms with van der Waals surface area (Å²) in [5, 5.41) is 6.46. The first kappa shape index (κ1) is 15.3. The van der Waals surface area contributed by atoms with Crippen molar-refractivity contribution in [3.05, 3.63) is 53.8 Å². The topological polar surface area (TPSA) is 80.6 Å². The highest BCUT2D eigenvalue weighted by Gasteiger charge is 2.24. The van der Waals surface area contributed by atoms with Crippen LogP contribution in [0, 0.1) is 6.92 Å². The van der Waals surface area contributed by atoms with Gasteiger partial charge in [0.15, 0.2) is 11.9 Å². The summed E-state index contributed by atoms with van der Waals surface area (Å²) in [6, 6.07) is 12.6. The number of amides is 2. The molecule has 6 nitrogen and oxygen atoms in total. The van der Waals surface area contributed by atoms with Crippen LogP contribution in [0.1, 0.15) is 23.0 Å². The molecule has 0 fully saturated rings. The summed E-state index contributed by atoms with van der Waals surface area (Å²) >= 11 is 0. The van der Waals surface area contributed by atoms with Crippen molar-refractivity contribution in [2.45, 2.75) is 20.0 Å². The van der Waals surface area contributed by atoms with Gasteiger partial charge in [-0.3, -0.25) is 9.59 Å². The van der Waals surface area contributed by atoms with Crippen molar-refractivity contribution in [1.82, 2.24) is 0 Å². The Balaban J connectivity index is 1.61. The van der Waals surface area contributed by atoms with E-state index in [4.69, 9.17) is 9.15 Å². The number of ether oxygens (including phenoxy) is 1. The van der Waals surface area contributed by atoms with E-state index in [9.17, 15) is 9.59 Å². The molecule has 6 heteroatoms. The molecule has 2 amide bonds. The Morgan fingerprint density at radius 3 is 2.80 bits per heavy atom. The molecule has 2 heterocycles. The van der Waals surface area contributed by atoms with E-state index >= 15 is 0 Å². The Morgan fingerprint density at radius 2 is 2.00 bits per heavy atom. The molecule has 0 aliphatic carbocycles. The molecule has 0 bridgehead atoms. The largest absolute Gasteiger partial charge is 0.479 e. The number of anilines is 2. The molecule has 2 N–H and O–H groups in total. The van der Waals surface area contributed by atoms with E-state index in [0.29, 0.717) is 22.7 Å². The van der Waals surface area contributed by atoms with Crippen LogP contribution < -0.4 is 15.4 Å². The van der Waals surface area contributed by atoms with Crippen molar-refractivity contribution < 1.29 is 18.7 Å². The van der Waals surface area contributed by atoms with Gasteiger partial charge >= 0.3 is 0 Å². The zero-order valence-electron chi connectivity index (χ0n) is 13.8. The molecule has 3 aromatic rings. The lowest BCUT2D eigenvalue weighted by Gasteiger charge is -2.23. The van der Waals surface area contributed by atoms with Gasteiger partial charge in [0.1, 0.15) is 11.3 Å². The maximum absolute atomic E-state index is 12.6. The monoisotopic (exact) mass is 336 g/mol. The van der Waals surface area contributed by atoms with Gasteiger partial charge in [-0.05, 0) is 38.1 Å². The zero-order chi connectivity index (χ0) is 17.6. The maximum Gasteiger partial charge on any atom is 0.291 e. The second-order valence-corrected chi connectivity index (χ2v) is 5.97. The van der Waals surface area contributed by atoms with Gasteiger partial charge in [0.25, 0.3) is 11.8 Å². The van der Waals surface area contributed by atoms with Gasteiger partial charge in [-0.15, -0.1) is 0 Å². The summed E-state index contributed by atoms with van der Waals surface area (Å²) in [5.74, 6) is 0.284. The normalized spacial score (nSPS) is 16.1. The number of nitrogens with one attached hydrogen (secondary N) is 2. The van der Waals surface area contributed by atoms with E-state index in [-0.39, 0.29) is 17.6 Å². The average molecular weight is 336 g/mol. The Kier molecular flexibility index (Phi) is 3.46. The van der Waals surface area contributed by atoms with E-state index in [0.717, 1.165) is 10.9 Å². The highest BCUT2D eigenvalue weighted by molar-refractivity contribution is 6.07. The third-order valence-electron chi connectivity index (χ3n) is 4.22. The third-order valence-corrected chi connectivity index (χ3v) is 4.22. The molecule has 1 aliphatic rings. The quantitative estimate of drug-likeness (QED) is 0.747. The Bertz CT molecular complexity index is 1010. The Morgan fingerprint density at radius 1 is 1.20 bits per heavy atom. The molecule has 0 spiro atoms. The fourth-order valence-corrected chi connectivity index (χ4v) is 2.87. The summed E-state index contributed by atoms with van der Waals surface area (Å²) in [6.45, 7) is 3.53. The number of hydrogen-bond donors (Lipinski definition) is 2. The lowest BCUT2D eigenvalue weighted by Crippen LogP contribution is -2.34. The smallest absolute Gasteiger partial charge is 0.291 e. The van der Waals surface area contributed by atoms with Gasteiger partial charge in [-0.25, -0.2) is 0 Å². The number of benzene rings is 2. The van der Waals surface area contributed by atoms with Crippen LogP contribution in [0.3, 0.4) is 0 Å². The predicted octanol–water partition coefficient (Wildman–Crippen LogP) is 3.71. The van der Waals surface area contributed by atoms with Crippen LogP contribution in [0.4, 0.5) is 11.4 Å². The number of hydrogen-bond acceptors (Lipinski definition) is 4. The van der Waals surface area contributed by atoms with Crippen LogP contribution >= 0.6 is 0 Å². The minimum Gasteiger partial charge on any atom is -0.479 e. The SMILES string of the molecule is Cc1c(C(=O)Nc2ccc3c(c2)NC(=O)[C@H](C)O3)oc2ccccc12. The summed E-state index contributed by atoms with van der Waals surface area (Å²) < 4.78 is 11.2. The molecule has 0 radical (unpaired) electrons. The van der Waals surface area contributed by atoms with Gasteiger partial charge in [0.2, 0.25) is 0 Å². The van der Waals surface area contributed by atoms with Crippen molar-refractivity contribution in [3.63, 3.8) is 0 Å². The second-order valence-electron chi connectivity index (χ2n) is 5.97. The van der Waals surface area contributed by atoms with Gasteiger partial charge < -0.3 is 19.8 Å². The second kappa shape index (κ2) is 5.66. The third kappa shape index (κ3) is 2.61. The van der Waals surface area contributed by atoms with E-state index in [1.165, 1.54) is 0 Å². The number of rotatable bonds is 2. The lowest BCUT2D eigenvalue weighted by atomic mass is 10.1. The predicted molar refractivity (Wildman–Crippen MR) is 94.1 cm³/mol. The van der Waals surface area contributed by atoms with Crippen molar-refractivity contribution >= 4 is 34.2 Å². The summed E-state index contributed by atoms with van der Waals surface area (Å²) in [4.78, 5) is 24.3. The van der Waals surface area contributed by atoms with Crippen LogP contribution in [0.2, 0.25) is 0 Å². The molecule has 0 unspecified atom stereocenters. The molecule has 126 valence electrons. The van der Waals surface area contributed by atoms with E-state index in [1.807, 2.05) is 31.2 Å². The van der Waals surface area contributed by atoms with E-state index in [1.54, 1.807) is 25.1 Å². The fourth-order valence-electron chi connectivity index (χ4n) is 2.87. The number of aryl methyl sites for hydroxylation is 1. The van der Waals surface area contributed by atoms with Gasteiger partial charge in [-0.2, -0.15) is 0 Å². The van der Waals surface area contributed by atoms with Gasteiger partial charge in [-0.1, -0.05) is 18.2 Å². The lowest BCUT2D eigenvalue weighted by molar-refractivity contribution is -0.122. The number of furan rings is 1. The highest BCUT2D eigenvalue weighted by Crippen LogP contribution is 2.32. The Labute approximate surface area is 143 Å². The average Bonchev–Trinajstić information content (AvgIpc) is 2.94. The minimum absolute atomic E-state index is 0.218. The van der Waals surface area contributed by atoms with Crippen molar-refractivity contribution in [3.8, 4) is 5.75 Å². The van der Waals surface area contributed by atoms with Crippen LogP contribution in [-0.4, -0.2) is 17.9 Å². The maximum atomic E-state index is 12.6. The molecular weight excluding hydrogens is 320 g/mol. The first-order valence-corrected chi connectivity index (χ1v) is 7.94. The molecule has 0 saturated heterocycles. The summed E-state index contributed by atoms with van der Waals surface area (Å²) in [7, 11) is 0. The number of carbonyl (C=O) groups is 2. The summed E-state index contributed by atoms with van der Waals surface area (Å²) in [6.07, 6.45) is -0.536. The molecule has 1 atom stereocenters. The van der Waals surface area contributed by atoms with E-state index in [2.05, 4.69) is 10.6 Å². The first-order chi connectivity index (χ1) is 12.0. The van der Waals surface area contributed by atoms with Crippen molar-refractivity contribution in [2.75, 3.05) is 10.6 Å². The molecule has 1 aromatic heterocycles. The van der Waals surface area contributed by atoms with Gasteiger partial charge in [0, 0.05) is 16.6 Å². The summed E-state index contributed by atoms with van der Waals surface area (Å²) in [5.41, 5.74) is 2.53. The molecule has 4 rings (SSSR count). The fraction of sp³-hybridized carbons (Fsp3) is 0.158. The first-order valence-electron chi connectivity index (χ1n) is 7.94. The zero-order valence-corrected chi connectivity index (χ0v) is 13.8. The van der Waals surface area contributed by atoms with Crippen molar-refractivity contribution in [1.29, 1.82) is 0 Å². The number of para-hydroxylation sites is 1. The molecule has 25 heavy (non-hydrogen) atoms.